The van der Waals surface area contributed by atoms with Crippen LogP contribution in [-0.2, 0) is 0 Å². The fraction of sp³-hybridized carbons (Fsp3) is 0.400. The molecule has 0 saturated carbocycles. The van der Waals surface area contributed by atoms with E-state index in [2.05, 4.69) is 4.99 Å². The van der Waals surface area contributed by atoms with Gasteiger partial charge in [-0.05, 0) is 44.0 Å². The van der Waals surface area contributed by atoms with Crippen molar-refractivity contribution < 1.29 is 14.3 Å². The Morgan fingerprint density at radius 1 is 1.23 bits per heavy atom. The predicted octanol–water partition coefficient (Wildman–Crippen LogP) is 4.18. The molecule has 0 amide bonds. The topological polar surface area (TPSA) is 52.8 Å². The number of carbonyl (C=O) groups excluding carboxylic acids is 1. The number of ether oxygens (including phenoxy) is 2. The van der Waals surface area contributed by atoms with Gasteiger partial charge in [-0.15, -0.1) is 0 Å². The molecule has 140 valence electrons. The summed E-state index contributed by atoms with van der Waals surface area (Å²) in [7, 11) is 1.53. The molecule has 0 radical (unpaired) electrons. The van der Waals surface area contributed by atoms with Gasteiger partial charge in [-0.3, -0.25) is 14.4 Å². The molecule has 0 N–H and O–H groups in total. The molecule has 1 heterocycles. The lowest BCUT2D eigenvalue weighted by Gasteiger charge is -2.15. The van der Waals surface area contributed by atoms with Gasteiger partial charge in [-0.25, -0.2) is 0 Å². The zero-order chi connectivity index (χ0) is 19.3. The second kappa shape index (κ2) is 8.90. The van der Waals surface area contributed by atoms with E-state index in [1.807, 2.05) is 33.8 Å². The number of nitrogens with zero attached hydrogens (tertiary/aromatic N) is 2. The van der Waals surface area contributed by atoms with Crippen molar-refractivity contribution in [1.29, 1.82) is 0 Å². The van der Waals surface area contributed by atoms with E-state index in [0.29, 0.717) is 40.1 Å². The van der Waals surface area contributed by atoms with E-state index in [9.17, 15) is 4.79 Å². The van der Waals surface area contributed by atoms with Gasteiger partial charge < -0.3 is 9.47 Å². The summed E-state index contributed by atoms with van der Waals surface area (Å²) in [5.74, 6) is 0.989. The van der Waals surface area contributed by atoms with E-state index in [1.165, 1.54) is 11.7 Å². The number of methoxy groups -OCH3 is 1. The number of hydrogen-bond acceptors (Lipinski definition) is 4. The number of pyridine rings is 1. The Labute approximate surface area is 159 Å². The van der Waals surface area contributed by atoms with Crippen LogP contribution in [0.4, 0.5) is 0 Å². The summed E-state index contributed by atoms with van der Waals surface area (Å²) in [6.07, 6.45) is 1.69. The third kappa shape index (κ3) is 4.88. The number of rotatable bonds is 6. The minimum absolute atomic E-state index is 0.0707. The summed E-state index contributed by atoms with van der Waals surface area (Å²) in [5.41, 5.74) is 0.989. The lowest BCUT2D eigenvalue weighted by atomic mass is 10.1. The molecule has 0 aliphatic heterocycles. The fourth-order valence-corrected chi connectivity index (χ4v) is 2.61. The standard InChI is InChI=1S/C20H25ClN2O3/c1-13(2)12-26-19-16(21)10-15(11-17(19)25-5)20(24)23-9-7-6-8-18(23)22-14(3)4/h6-11,13-14H,12H2,1-5H3. The second-order valence-electron chi connectivity index (χ2n) is 6.65. The highest BCUT2D eigenvalue weighted by Crippen LogP contribution is 2.36. The van der Waals surface area contributed by atoms with Gasteiger partial charge in [0.25, 0.3) is 5.91 Å². The van der Waals surface area contributed by atoms with Crippen LogP contribution in [0.1, 0.15) is 38.1 Å². The van der Waals surface area contributed by atoms with E-state index >= 15 is 0 Å². The van der Waals surface area contributed by atoms with Crippen LogP contribution < -0.4 is 15.0 Å². The Balaban J connectivity index is 2.47. The number of carbonyl (C=O) groups is 1. The molecule has 6 heteroatoms. The summed E-state index contributed by atoms with van der Waals surface area (Å²) in [6, 6.07) is 8.75. The average Bonchev–Trinajstić information content (AvgIpc) is 2.59. The maximum Gasteiger partial charge on any atom is 0.263 e. The molecule has 0 unspecified atom stereocenters. The Morgan fingerprint density at radius 3 is 2.58 bits per heavy atom. The first-order valence-electron chi connectivity index (χ1n) is 8.60. The number of aromatic nitrogens is 1. The van der Waals surface area contributed by atoms with Crippen LogP contribution in [0.15, 0.2) is 41.5 Å². The van der Waals surface area contributed by atoms with E-state index in [1.54, 1.807) is 30.5 Å². The molecule has 0 aliphatic rings. The molecular weight excluding hydrogens is 352 g/mol. The van der Waals surface area contributed by atoms with Crippen molar-refractivity contribution >= 4 is 17.5 Å². The van der Waals surface area contributed by atoms with Crippen molar-refractivity contribution in [3.63, 3.8) is 0 Å². The molecule has 1 aromatic carbocycles. The molecule has 26 heavy (non-hydrogen) atoms. The minimum atomic E-state index is -0.236. The zero-order valence-electron chi connectivity index (χ0n) is 15.8. The Kier molecular flexibility index (Phi) is 6.86. The third-order valence-electron chi connectivity index (χ3n) is 3.49. The number of hydrogen-bond donors (Lipinski definition) is 0. The summed E-state index contributed by atoms with van der Waals surface area (Å²) in [6.45, 7) is 8.52. The van der Waals surface area contributed by atoms with E-state index < -0.39 is 0 Å². The van der Waals surface area contributed by atoms with Gasteiger partial charge in [-0.1, -0.05) is 31.5 Å². The van der Waals surface area contributed by atoms with E-state index in [4.69, 9.17) is 21.1 Å². The first kappa shape index (κ1) is 20.0. The van der Waals surface area contributed by atoms with Crippen molar-refractivity contribution in [2.24, 2.45) is 10.9 Å². The number of halogens is 1. The quantitative estimate of drug-likeness (QED) is 0.759. The van der Waals surface area contributed by atoms with Crippen LogP contribution >= 0.6 is 11.6 Å². The molecule has 1 aromatic heterocycles. The highest BCUT2D eigenvalue weighted by Gasteiger charge is 2.17. The lowest BCUT2D eigenvalue weighted by molar-refractivity contribution is 0.0954. The second-order valence-corrected chi connectivity index (χ2v) is 7.06. The van der Waals surface area contributed by atoms with Crippen molar-refractivity contribution in [2.45, 2.75) is 33.7 Å². The Bertz CT molecular complexity index is 841. The molecule has 0 atom stereocenters. The van der Waals surface area contributed by atoms with Crippen LogP contribution in [0.25, 0.3) is 0 Å². The average molecular weight is 377 g/mol. The summed E-state index contributed by atoms with van der Waals surface area (Å²) < 4.78 is 12.6. The van der Waals surface area contributed by atoms with Crippen molar-refractivity contribution in [2.75, 3.05) is 13.7 Å². The molecule has 0 aliphatic carbocycles. The first-order chi connectivity index (χ1) is 12.3. The highest BCUT2D eigenvalue weighted by molar-refractivity contribution is 6.32. The lowest BCUT2D eigenvalue weighted by Crippen LogP contribution is -2.28. The van der Waals surface area contributed by atoms with Gasteiger partial charge in [0.2, 0.25) is 0 Å². The monoisotopic (exact) mass is 376 g/mol. The van der Waals surface area contributed by atoms with E-state index in [0.717, 1.165) is 0 Å². The molecule has 0 saturated heterocycles. The molecule has 2 rings (SSSR count). The van der Waals surface area contributed by atoms with Gasteiger partial charge in [0, 0.05) is 17.8 Å². The fourth-order valence-electron chi connectivity index (χ4n) is 2.35. The molecule has 0 bridgehead atoms. The minimum Gasteiger partial charge on any atom is -0.493 e. The van der Waals surface area contributed by atoms with Crippen molar-refractivity contribution in [3.05, 3.63) is 52.6 Å². The maximum atomic E-state index is 13.0. The molecule has 0 fully saturated rings. The Hall–Kier alpha value is -2.27. The smallest absolute Gasteiger partial charge is 0.263 e. The summed E-state index contributed by atoms with van der Waals surface area (Å²) in [5, 5.41) is 0.340. The van der Waals surface area contributed by atoms with Crippen LogP contribution in [0.5, 0.6) is 11.5 Å². The normalized spacial score (nSPS) is 11.9. The summed E-state index contributed by atoms with van der Waals surface area (Å²) >= 11 is 6.36. The van der Waals surface area contributed by atoms with Crippen molar-refractivity contribution in [1.82, 2.24) is 4.57 Å². The van der Waals surface area contributed by atoms with Gasteiger partial charge in [0.15, 0.2) is 11.5 Å². The molecule has 5 nitrogen and oxygen atoms in total. The molecule has 2 aromatic rings. The van der Waals surface area contributed by atoms with E-state index in [-0.39, 0.29) is 11.9 Å². The van der Waals surface area contributed by atoms with Crippen LogP contribution in [-0.4, -0.2) is 30.2 Å². The SMILES string of the molecule is COc1cc(C(=O)n2ccccc2=NC(C)C)cc(Cl)c1OCC(C)C. The third-order valence-corrected chi connectivity index (χ3v) is 3.77. The summed E-state index contributed by atoms with van der Waals surface area (Å²) in [4.78, 5) is 17.5. The van der Waals surface area contributed by atoms with Gasteiger partial charge in [0.1, 0.15) is 5.49 Å². The highest BCUT2D eigenvalue weighted by atomic mass is 35.5. The van der Waals surface area contributed by atoms with Crippen LogP contribution in [0, 0.1) is 5.92 Å². The Morgan fingerprint density at radius 2 is 1.96 bits per heavy atom. The van der Waals surface area contributed by atoms with Gasteiger partial charge in [-0.2, -0.15) is 0 Å². The first-order valence-corrected chi connectivity index (χ1v) is 8.97. The van der Waals surface area contributed by atoms with Crippen LogP contribution in [0.3, 0.4) is 0 Å². The zero-order valence-corrected chi connectivity index (χ0v) is 16.6. The van der Waals surface area contributed by atoms with Crippen LogP contribution in [0.2, 0.25) is 5.02 Å². The molecule has 0 spiro atoms. The van der Waals surface area contributed by atoms with Gasteiger partial charge in [0.05, 0.1) is 18.7 Å². The van der Waals surface area contributed by atoms with Crippen molar-refractivity contribution in [3.8, 4) is 11.5 Å². The maximum absolute atomic E-state index is 13.0. The number of benzene rings is 1. The largest absolute Gasteiger partial charge is 0.493 e. The molecular formula is C20H25ClN2O3. The van der Waals surface area contributed by atoms with Gasteiger partial charge >= 0.3 is 0 Å². The predicted molar refractivity (Wildman–Crippen MR) is 103 cm³/mol.